The molecule has 55 heavy (non-hydrogen) atoms. The SMILES string of the molecule is CCCC/C=C\CCCCCCCC(=O)OCCCCCCCCC/C=C\CCCCCCCC(=O)NC(CO)C(O)/C=C/CCCCCCCCCCC. The summed E-state index contributed by atoms with van der Waals surface area (Å²) in [4.78, 5) is 24.3. The van der Waals surface area contributed by atoms with Crippen molar-refractivity contribution in [1.82, 2.24) is 5.32 Å². The number of esters is 1. The number of nitrogens with one attached hydrogen (secondary N) is 1. The van der Waals surface area contributed by atoms with E-state index in [0.29, 0.717) is 19.4 Å². The Kier molecular flexibility index (Phi) is 43.2. The van der Waals surface area contributed by atoms with Crippen LogP contribution in [0.4, 0.5) is 0 Å². The summed E-state index contributed by atoms with van der Waals surface area (Å²) in [5.41, 5.74) is 0. The van der Waals surface area contributed by atoms with Crippen LogP contribution in [0.25, 0.3) is 0 Å². The Morgan fingerprint density at radius 1 is 0.491 bits per heavy atom. The smallest absolute Gasteiger partial charge is 0.305 e. The van der Waals surface area contributed by atoms with E-state index in [-0.39, 0.29) is 18.5 Å². The maximum Gasteiger partial charge on any atom is 0.305 e. The number of rotatable bonds is 43. The van der Waals surface area contributed by atoms with Gasteiger partial charge in [-0.15, -0.1) is 0 Å². The maximum atomic E-state index is 12.4. The first-order valence-corrected chi connectivity index (χ1v) is 23.8. The van der Waals surface area contributed by atoms with Crippen molar-refractivity contribution in [2.75, 3.05) is 13.2 Å². The van der Waals surface area contributed by atoms with Crippen LogP contribution in [0.5, 0.6) is 0 Å². The van der Waals surface area contributed by atoms with Gasteiger partial charge in [0.15, 0.2) is 0 Å². The number of aliphatic hydroxyl groups excluding tert-OH is 2. The van der Waals surface area contributed by atoms with Crippen LogP contribution >= 0.6 is 0 Å². The predicted molar refractivity (Wildman–Crippen MR) is 236 cm³/mol. The van der Waals surface area contributed by atoms with Crippen LogP contribution in [0.3, 0.4) is 0 Å². The minimum Gasteiger partial charge on any atom is -0.466 e. The fourth-order valence-corrected chi connectivity index (χ4v) is 6.90. The molecular weight excluding hydrogens is 683 g/mol. The molecular formula is C49H91NO5. The molecule has 2 atom stereocenters. The molecule has 0 aliphatic carbocycles. The number of ether oxygens (including phenoxy) is 1. The molecule has 0 rings (SSSR count). The van der Waals surface area contributed by atoms with Crippen molar-refractivity contribution in [3.63, 3.8) is 0 Å². The lowest BCUT2D eigenvalue weighted by atomic mass is 10.1. The van der Waals surface area contributed by atoms with Gasteiger partial charge in [-0.3, -0.25) is 9.59 Å². The molecule has 0 radical (unpaired) electrons. The van der Waals surface area contributed by atoms with Gasteiger partial charge >= 0.3 is 5.97 Å². The predicted octanol–water partition coefficient (Wildman–Crippen LogP) is 13.7. The molecule has 0 spiro atoms. The highest BCUT2D eigenvalue weighted by atomic mass is 16.5. The Morgan fingerprint density at radius 2 is 0.873 bits per heavy atom. The number of carbonyl (C=O) groups excluding carboxylic acids is 2. The molecule has 0 heterocycles. The highest BCUT2D eigenvalue weighted by molar-refractivity contribution is 5.76. The van der Waals surface area contributed by atoms with E-state index in [1.807, 2.05) is 6.08 Å². The van der Waals surface area contributed by atoms with Crippen LogP contribution in [0.2, 0.25) is 0 Å². The van der Waals surface area contributed by atoms with Crippen LogP contribution in [-0.4, -0.2) is 47.4 Å². The first kappa shape index (κ1) is 53.1. The molecule has 3 N–H and O–H groups in total. The van der Waals surface area contributed by atoms with Crippen molar-refractivity contribution in [1.29, 1.82) is 0 Å². The molecule has 1 amide bonds. The van der Waals surface area contributed by atoms with Gasteiger partial charge in [0, 0.05) is 12.8 Å². The van der Waals surface area contributed by atoms with Gasteiger partial charge in [0.2, 0.25) is 5.91 Å². The number of amides is 1. The van der Waals surface area contributed by atoms with Crippen LogP contribution in [0.1, 0.15) is 239 Å². The fourth-order valence-electron chi connectivity index (χ4n) is 6.90. The van der Waals surface area contributed by atoms with E-state index >= 15 is 0 Å². The molecule has 0 saturated heterocycles. The van der Waals surface area contributed by atoms with Gasteiger partial charge in [0.05, 0.1) is 25.4 Å². The van der Waals surface area contributed by atoms with Crippen molar-refractivity contribution < 1.29 is 24.5 Å². The minimum absolute atomic E-state index is 0.0161. The molecule has 0 aliphatic rings. The summed E-state index contributed by atoms with van der Waals surface area (Å²) >= 11 is 0. The molecule has 0 aromatic heterocycles. The third kappa shape index (κ3) is 41.5. The Labute approximate surface area is 341 Å². The molecule has 0 aromatic rings. The second-order valence-corrected chi connectivity index (χ2v) is 16.1. The van der Waals surface area contributed by atoms with Crippen molar-refractivity contribution >= 4 is 11.9 Å². The lowest BCUT2D eigenvalue weighted by Gasteiger charge is -2.20. The molecule has 2 unspecified atom stereocenters. The highest BCUT2D eigenvalue weighted by Crippen LogP contribution is 2.14. The van der Waals surface area contributed by atoms with E-state index in [9.17, 15) is 19.8 Å². The monoisotopic (exact) mass is 774 g/mol. The van der Waals surface area contributed by atoms with Gasteiger partial charge in [-0.1, -0.05) is 185 Å². The highest BCUT2D eigenvalue weighted by Gasteiger charge is 2.18. The largest absolute Gasteiger partial charge is 0.466 e. The van der Waals surface area contributed by atoms with E-state index in [0.717, 1.165) is 64.2 Å². The van der Waals surface area contributed by atoms with Crippen molar-refractivity contribution in [2.45, 2.75) is 251 Å². The van der Waals surface area contributed by atoms with E-state index in [1.165, 1.54) is 148 Å². The topological polar surface area (TPSA) is 95.9 Å². The fraction of sp³-hybridized carbons (Fsp3) is 0.837. The van der Waals surface area contributed by atoms with E-state index in [1.54, 1.807) is 6.08 Å². The molecule has 0 saturated carbocycles. The number of allylic oxidation sites excluding steroid dienone is 5. The Hall–Kier alpha value is -1.92. The van der Waals surface area contributed by atoms with Gasteiger partial charge < -0.3 is 20.3 Å². The second-order valence-electron chi connectivity index (χ2n) is 16.1. The minimum atomic E-state index is -0.853. The van der Waals surface area contributed by atoms with E-state index in [2.05, 4.69) is 43.5 Å². The lowest BCUT2D eigenvalue weighted by molar-refractivity contribution is -0.143. The molecule has 0 bridgehead atoms. The third-order valence-corrected chi connectivity index (χ3v) is 10.6. The standard InChI is InChI=1S/C49H91NO5/c1-3-5-7-9-11-13-21-25-29-33-37-41-47(52)46(45-51)50-48(53)42-38-34-30-26-23-19-17-15-16-18-20-24-28-32-36-40-44-55-49(54)43-39-35-31-27-22-14-12-10-8-6-4-2/h10,12,15,17,37,41,46-47,51-52H,3-9,11,13-14,16,18-36,38-40,42-45H2,1-2H3,(H,50,53)/b12-10-,17-15-,41-37+. The quantitative estimate of drug-likeness (QED) is 0.0326. The number of hydrogen-bond acceptors (Lipinski definition) is 5. The summed E-state index contributed by atoms with van der Waals surface area (Å²) in [6.07, 6.45) is 52.8. The van der Waals surface area contributed by atoms with E-state index < -0.39 is 12.1 Å². The molecule has 6 nitrogen and oxygen atoms in total. The zero-order valence-corrected chi connectivity index (χ0v) is 36.4. The van der Waals surface area contributed by atoms with Gasteiger partial charge in [0.1, 0.15) is 0 Å². The van der Waals surface area contributed by atoms with Crippen molar-refractivity contribution in [3.8, 4) is 0 Å². The van der Waals surface area contributed by atoms with Gasteiger partial charge in [-0.2, -0.15) is 0 Å². The Balaban J connectivity index is 3.51. The number of unbranched alkanes of at least 4 members (excludes halogenated alkanes) is 28. The summed E-state index contributed by atoms with van der Waals surface area (Å²) in [6, 6.07) is -0.638. The second kappa shape index (κ2) is 44.8. The van der Waals surface area contributed by atoms with Crippen LogP contribution < -0.4 is 5.32 Å². The average Bonchev–Trinajstić information content (AvgIpc) is 3.18. The van der Waals surface area contributed by atoms with Crippen molar-refractivity contribution in [3.05, 3.63) is 36.5 Å². The van der Waals surface area contributed by atoms with Crippen LogP contribution in [0, 0.1) is 0 Å². The number of carbonyl (C=O) groups is 2. The average molecular weight is 774 g/mol. The van der Waals surface area contributed by atoms with Gasteiger partial charge in [-0.05, 0) is 77.0 Å². The molecule has 0 aliphatic heterocycles. The summed E-state index contributed by atoms with van der Waals surface area (Å²) in [6.45, 7) is 4.81. The van der Waals surface area contributed by atoms with E-state index in [4.69, 9.17) is 4.74 Å². The normalized spacial score (nSPS) is 13.0. The Morgan fingerprint density at radius 3 is 1.35 bits per heavy atom. The summed E-state index contributed by atoms with van der Waals surface area (Å²) in [5.74, 6) is -0.104. The number of aliphatic hydroxyl groups is 2. The summed E-state index contributed by atoms with van der Waals surface area (Å²) < 4.78 is 5.43. The first-order valence-electron chi connectivity index (χ1n) is 23.8. The molecule has 322 valence electrons. The third-order valence-electron chi connectivity index (χ3n) is 10.6. The molecule has 6 heteroatoms. The number of hydrogen-bond donors (Lipinski definition) is 3. The van der Waals surface area contributed by atoms with Gasteiger partial charge in [-0.25, -0.2) is 0 Å². The van der Waals surface area contributed by atoms with Crippen LogP contribution in [0.15, 0.2) is 36.5 Å². The lowest BCUT2D eigenvalue weighted by Crippen LogP contribution is -2.45. The Bertz CT molecular complexity index is 900. The van der Waals surface area contributed by atoms with Crippen LogP contribution in [-0.2, 0) is 14.3 Å². The molecule has 0 fully saturated rings. The van der Waals surface area contributed by atoms with Crippen molar-refractivity contribution in [2.24, 2.45) is 0 Å². The van der Waals surface area contributed by atoms with Gasteiger partial charge in [0.25, 0.3) is 0 Å². The maximum absolute atomic E-state index is 12.4. The zero-order valence-electron chi connectivity index (χ0n) is 36.4. The molecule has 0 aromatic carbocycles. The first-order chi connectivity index (χ1) is 27.0. The summed E-state index contributed by atoms with van der Waals surface area (Å²) in [5, 5.41) is 22.9. The summed E-state index contributed by atoms with van der Waals surface area (Å²) in [7, 11) is 0. The zero-order chi connectivity index (χ0) is 40.1.